The number of hydrogen-bond donors (Lipinski definition) is 1. The van der Waals surface area contributed by atoms with E-state index in [1.807, 2.05) is 23.1 Å². The summed E-state index contributed by atoms with van der Waals surface area (Å²) in [6.45, 7) is 0.628. The van der Waals surface area contributed by atoms with Crippen LogP contribution in [0.25, 0.3) is 10.2 Å². The highest BCUT2D eigenvalue weighted by Crippen LogP contribution is 2.35. The quantitative estimate of drug-likeness (QED) is 0.752. The molecular weight excluding hydrogens is 348 g/mol. The minimum absolute atomic E-state index is 0.00150. The Hall–Kier alpha value is -2.60. The molecule has 0 bridgehead atoms. The Balaban J connectivity index is 1.51. The predicted molar refractivity (Wildman–Crippen MR) is 102 cm³/mol. The highest BCUT2D eigenvalue weighted by molar-refractivity contribution is 7.18. The van der Waals surface area contributed by atoms with E-state index in [9.17, 15) is 9.90 Å². The van der Waals surface area contributed by atoms with Crippen LogP contribution in [0, 0.1) is 0 Å². The number of phenolic OH excluding ortho intramolecular Hbond substituents is 1. The predicted octanol–water partition coefficient (Wildman–Crippen LogP) is 4.13. The van der Waals surface area contributed by atoms with Crippen molar-refractivity contribution in [2.45, 2.75) is 25.3 Å². The zero-order valence-corrected chi connectivity index (χ0v) is 15.1. The molecule has 1 saturated heterocycles. The fraction of sp³-hybridized carbons (Fsp3) is 0.300. The van der Waals surface area contributed by atoms with Gasteiger partial charge in [-0.3, -0.25) is 4.79 Å². The number of aromatic hydroxyl groups is 1. The van der Waals surface area contributed by atoms with Crippen LogP contribution in [0.2, 0.25) is 0 Å². The average Bonchev–Trinajstić information content (AvgIpc) is 3.11. The summed E-state index contributed by atoms with van der Waals surface area (Å²) in [5.74, 6) is 0.299. The largest absolute Gasteiger partial charge is 0.504 e. The monoisotopic (exact) mass is 368 g/mol. The number of para-hydroxylation sites is 3. The first kappa shape index (κ1) is 16.8. The van der Waals surface area contributed by atoms with Gasteiger partial charge in [0.05, 0.1) is 16.3 Å². The third kappa shape index (κ3) is 3.37. The number of ether oxygens (including phenoxy) is 1. The Bertz CT molecular complexity index is 891. The van der Waals surface area contributed by atoms with E-state index in [0.29, 0.717) is 12.3 Å². The van der Waals surface area contributed by atoms with Crippen LogP contribution in [0.1, 0.15) is 30.3 Å². The average molecular weight is 368 g/mol. The summed E-state index contributed by atoms with van der Waals surface area (Å²) < 4.78 is 6.68. The maximum absolute atomic E-state index is 12.8. The maximum atomic E-state index is 12.8. The van der Waals surface area contributed by atoms with Gasteiger partial charge in [-0.1, -0.05) is 24.3 Å². The topological polar surface area (TPSA) is 62.7 Å². The summed E-state index contributed by atoms with van der Waals surface area (Å²) in [7, 11) is 0. The van der Waals surface area contributed by atoms with Crippen LogP contribution in [0.15, 0.2) is 48.5 Å². The van der Waals surface area contributed by atoms with Crippen LogP contribution < -0.4 is 4.74 Å². The Kier molecular flexibility index (Phi) is 4.75. The van der Waals surface area contributed by atoms with Gasteiger partial charge in [-0.05, 0) is 43.5 Å². The van der Waals surface area contributed by atoms with Crippen molar-refractivity contribution < 1.29 is 14.6 Å². The van der Waals surface area contributed by atoms with Gasteiger partial charge in [0.1, 0.15) is 5.01 Å². The molecule has 0 radical (unpaired) electrons. The van der Waals surface area contributed by atoms with E-state index >= 15 is 0 Å². The van der Waals surface area contributed by atoms with Crippen LogP contribution in [0.4, 0.5) is 0 Å². The van der Waals surface area contributed by atoms with Crippen molar-refractivity contribution in [3.05, 3.63) is 53.5 Å². The summed E-state index contributed by atoms with van der Waals surface area (Å²) in [5, 5.41) is 10.8. The molecule has 0 saturated carbocycles. The van der Waals surface area contributed by atoms with Crippen molar-refractivity contribution in [1.82, 2.24) is 9.88 Å². The number of phenols is 1. The second kappa shape index (κ2) is 7.33. The van der Waals surface area contributed by atoms with Gasteiger partial charge in [0.15, 0.2) is 18.1 Å². The summed E-state index contributed by atoms with van der Waals surface area (Å²) in [6.07, 6.45) is 3.00. The van der Waals surface area contributed by atoms with E-state index in [4.69, 9.17) is 9.72 Å². The lowest BCUT2D eigenvalue weighted by Gasteiger charge is -2.34. The Morgan fingerprint density at radius 2 is 2.00 bits per heavy atom. The molecule has 1 amide bonds. The lowest BCUT2D eigenvalue weighted by molar-refractivity contribution is -0.137. The first-order valence-corrected chi connectivity index (χ1v) is 9.60. The van der Waals surface area contributed by atoms with E-state index < -0.39 is 0 Å². The fourth-order valence-electron chi connectivity index (χ4n) is 3.32. The molecule has 0 aliphatic carbocycles. The Labute approximate surface area is 155 Å². The second-order valence-corrected chi connectivity index (χ2v) is 7.44. The molecule has 1 aliphatic heterocycles. The third-order valence-corrected chi connectivity index (χ3v) is 5.77. The maximum Gasteiger partial charge on any atom is 0.261 e. The highest BCUT2D eigenvalue weighted by Gasteiger charge is 2.30. The zero-order valence-electron chi connectivity index (χ0n) is 14.3. The standard InChI is InChI=1S/C20H20N2O3S/c23-16-9-2-3-10-17(16)25-13-19(24)22-12-6-5-8-15(22)20-21-14-7-1-4-11-18(14)26-20/h1-4,7,9-11,15,23H,5-6,8,12-13H2. The number of fused-ring (bicyclic) bond motifs is 1. The third-order valence-electron chi connectivity index (χ3n) is 4.64. The molecule has 4 rings (SSSR count). The molecule has 1 unspecified atom stereocenters. The molecular formula is C20H20N2O3S. The van der Waals surface area contributed by atoms with Crippen LogP contribution in [0.3, 0.4) is 0 Å². The van der Waals surface area contributed by atoms with Gasteiger partial charge in [0, 0.05) is 6.54 Å². The van der Waals surface area contributed by atoms with Gasteiger partial charge in [-0.15, -0.1) is 11.3 Å². The summed E-state index contributed by atoms with van der Waals surface area (Å²) in [6, 6.07) is 14.8. The first-order valence-electron chi connectivity index (χ1n) is 8.78. The lowest BCUT2D eigenvalue weighted by atomic mass is 10.0. The number of piperidine rings is 1. The van der Waals surface area contributed by atoms with Gasteiger partial charge >= 0.3 is 0 Å². The van der Waals surface area contributed by atoms with Crippen molar-refractivity contribution in [1.29, 1.82) is 0 Å². The normalized spacial score (nSPS) is 17.4. The van der Waals surface area contributed by atoms with E-state index in [-0.39, 0.29) is 24.3 Å². The molecule has 1 aliphatic rings. The van der Waals surface area contributed by atoms with Crippen molar-refractivity contribution in [2.24, 2.45) is 0 Å². The minimum Gasteiger partial charge on any atom is -0.504 e. The van der Waals surface area contributed by atoms with E-state index in [1.54, 1.807) is 35.6 Å². The minimum atomic E-state index is -0.0844. The number of hydrogen-bond acceptors (Lipinski definition) is 5. The van der Waals surface area contributed by atoms with E-state index in [2.05, 4.69) is 6.07 Å². The molecule has 2 aromatic carbocycles. The number of thiazole rings is 1. The van der Waals surface area contributed by atoms with Crippen molar-refractivity contribution in [3.8, 4) is 11.5 Å². The smallest absolute Gasteiger partial charge is 0.261 e. The van der Waals surface area contributed by atoms with Gasteiger partial charge in [-0.2, -0.15) is 0 Å². The lowest BCUT2D eigenvalue weighted by Crippen LogP contribution is -2.41. The molecule has 1 N–H and O–H groups in total. The number of carbonyl (C=O) groups excluding carboxylic acids is 1. The number of amides is 1. The number of aromatic nitrogens is 1. The summed E-state index contributed by atoms with van der Waals surface area (Å²) in [5.41, 5.74) is 0.982. The molecule has 6 heteroatoms. The zero-order chi connectivity index (χ0) is 17.9. The number of carbonyl (C=O) groups is 1. The van der Waals surface area contributed by atoms with Crippen LogP contribution in [-0.4, -0.2) is 34.0 Å². The molecule has 0 spiro atoms. The number of rotatable bonds is 4. The second-order valence-electron chi connectivity index (χ2n) is 6.37. The van der Waals surface area contributed by atoms with E-state index in [1.165, 1.54) is 0 Å². The Morgan fingerprint density at radius 3 is 2.85 bits per heavy atom. The van der Waals surface area contributed by atoms with Crippen molar-refractivity contribution >= 4 is 27.5 Å². The first-order chi connectivity index (χ1) is 12.7. The molecule has 2 heterocycles. The van der Waals surface area contributed by atoms with Gasteiger partial charge in [-0.25, -0.2) is 4.98 Å². The van der Waals surface area contributed by atoms with Gasteiger partial charge < -0.3 is 14.7 Å². The molecule has 1 fully saturated rings. The molecule has 1 atom stereocenters. The molecule has 134 valence electrons. The van der Waals surface area contributed by atoms with Gasteiger partial charge in [0.2, 0.25) is 0 Å². The SMILES string of the molecule is O=C(COc1ccccc1O)N1CCCCC1c1nc2ccccc2s1. The number of likely N-dealkylation sites (tertiary alicyclic amines) is 1. The van der Waals surface area contributed by atoms with Crippen molar-refractivity contribution in [3.63, 3.8) is 0 Å². The number of benzene rings is 2. The number of nitrogens with zero attached hydrogens (tertiary/aromatic N) is 2. The van der Waals surface area contributed by atoms with Crippen LogP contribution >= 0.6 is 11.3 Å². The van der Waals surface area contributed by atoms with Gasteiger partial charge in [0.25, 0.3) is 5.91 Å². The van der Waals surface area contributed by atoms with E-state index in [0.717, 1.165) is 34.5 Å². The molecule has 1 aromatic heterocycles. The Morgan fingerprint density at radius 1 is 1.19 bits per heavy atom. The van der Waals surface area contributed by atoms with Crippen molar-refractivity contribution in [2.75, 3.05) is 13.2 Å². The molecule has 26 heavy (non-hydrogen) atoms. The summed E-state index contributed by atoms with van der Waals surface area (Å²) >= 11 is 1.66. The fourth-order valence-corrected chi connectivity index (χ4v) is 4.44. The van der Waals surface area contributed by atoms with Crippen LogP contribution in [-0.2, 0) is 4.79 Å². The highest BCUT2D eigenvalue weighted by atomic mass is 32.1. The molecule has 3 aromatic rings. The summed E-state index contributed by atoms with van der Waals surface area (Å²) in [4.78, 5) is 19.4. The molecule has 5 nitrogen and oxygen atoms in total. The van der Waals surface area contributed by atoms with Crippen LogP contribution in [0.5, 0.6) is 11.5 Å².